The molecule has 2 N–H and O–H groups in total. The van der Waals surface area contributed by atoms with Crippen molar-refractivity contribution in [2.24, 2.45) is 12.0 Å². The van der Waals surface area contributed by atoms with Crippen molar-refractivity contribution < 1.29 is 0 Å². The van der Waals surface area contributed by atoms with Crippen LogP contribution in [0.5, 0.6) is 0 Å². The average molecular weight is 254 g/mol. The number of rotatable bonds is 1. The van der Waals surface area contributed by atoms with Crippen LogP contribution in [0, 0.1) is 0 Å². The first-order valence-corrected chi connectivity index (χ1v) is 6.17. The van der Waals surface area contributed by atoms with Crippen LogP contribution in [0.2, 0.25) is 0 Å². The molecular formula is C13H14N6. The molecule has 6 nitrogen and oxygen atoms in total. The lowest BCUT2D eigenvalue weighted by Crippen LogP contribution is -2.29. The number of hydrogen-bond acceptors (Lipinski definition) is 4. The van der Waals surface area contributed by atoms with E-state index >= 15 is 0 Å². The molecule has 0 saturated heterocycles. The maximum Gasteiger partial charge on any atom is 0.135 e. The molecule has 1 atom stereocenters. The van der Waals surface area contributed by atoms with E-state index in [2.05, 4.69) is 31.6 Å². The van der Waals surface area contributed by atoms with Gasteiger partial charge in [-0.25, -0.2) is 10.0 Å². The lowest BCUT2D eigenvalue weighted by Gasteiger charge is -2.22. The van der Waals surface area contributed by atoms with E-state index in [0.717, 1.165) is 17.1 Å². The molecule has 1 unspecified atom stereocenters. The normalized spacial score (nSPS) is 20.9. The standard InChI is InChI=1S/C13H14N6/c1-18-7-9(6-15-18)11-3-10-12-8(5-16-19(12)2)4-14-13(10)17-11/h3-7,12,16-17H,1-2H3. The van der Waals surface area contributed by atoms with Crippen LogP contribution < -0.4 is 5.43 Å². The Labute approximate surface area is 110 Å². The summed E-state index contributed by atoms with van der Waals surface area (Å²) in [5.41, 5.74) is 7.71. The van der Waals surface area contributed by atoms with E-state index < -0.39 is 0 Å². The molecule has 0 aromatic carbocycles. The van der Waals surface area contributed by atoms with E-state index in [1.807, 2.05) is 38.9 Å². The first-order chi connectivity index (χ1) is 9.22. The molecule has 2 aliphatic heterocycles. The third-order valence-corrected chi connectivity index (χ3v) is 3.62. The van der Waals surface area contributed by atoms with Crippen LogP contribution in [0.15, 0.2) is 35.2 Å². The Hall–Kier alpha value is -2.34. The van der Waals surface area contributed by atoms with Crippen LogP contribution in [0.25, 0.3) is 11.3 Å². The molecule has 0 saturated carbocycles. The summed E-state index contributed by atoms with van der Waals surface area (Å²) in [5.74, 6) is 0.927. The molecule has 0 radical (unpaired) electrons. The Balaban J connectivity index is 1.82. The van der Waals surface area contributed by atoms with Gasteiger partial charge in [0, 0.05) is 49.4 Å². The second-order valence-electron chi connectivity index (χ2n) is 4.93. The van der Waals surface area contributed by atoms with Gasteiger partial charge in [0.15, 0.2) is 0 Å². The van der Waals surface area contributed by atoms with Gasteiger partial charge in [-0.05, 0) is 6.07 Å². The molecule has 0 aliphatic carbocycles. The molecule has 6 heteroatoms. The van der Waals surface area contributed by atoms with Gasteiger partial charge in [0.2, 0.25) is 0 Å². The maximum absolute atomic E-state index is 4.48. The average Bonchev–Trinajstić information content (AvgIpc) is 3.06. The summed E-state index contributed by atoms with van der Waals surface area (Å²) in [6.07, 6.45) is 7.75. The first kappa shape index (κ1) is 10.6. The van der Waals surface area contributed by atoms with E-state index in [1.165, 1.54) is 11.1 Å². The van der Waals surface area contributed by atoms with Gasteiger partial charge in [0.05, 0.1) is 17.9 Å². The van der Waals surface area contributed by atoms with Crippen molar-refractivity contribution in [3.8, 4) is 11.3 Å². The zero-order valence-electron chi connectivity index (χ0n) is 10.8. The number of aromatic nitrogens is 3. The van der Waals surface area contributed by atoms with Gasteiger partial charge >= 0.3 is 0 Å². The fourth-order valence-corrected chi connectivity index (χ4v) is 2.68. The van der Waals surface area contributed by atoms with E-state index in [1.54, 1.807) is 4.68 Å². The second kappa shape index (κ2) is 3.58. The highest BCUT2D eigenvalue weighted by Crippen LogP contribution is 2.40. The smallest absolute Gasteiger partial charge is 0.135 e. The number of aromatic amines is 1. The molecule has 96 valence electrons. The van der Waals surface area contributed by atoms with Crippen molar-refractivity contribution in [1.82, 2.24) is 25.2 Å². The highest BCUT2D eigenvalue weighted by molar-refractivity contribution is 5.87. The van der Waals surface area contributed by atoms with Crippen molar-refractivity contribution >= 4 is 12.0 Å². The second-order valence-corrected chi connectivity index (χ2v) is 4.93. The predicted molar refractivity (Wildman–Crippen MR) is 72.9 cm³/mol. The third-order valence-electron chi connectivity index (χ3n) is 3.62. The molecule has 19 heavy (non-hydrogen) atoms. The van der Waals surface area contributed by atoms with Crippen LogP contribution >= 0.6 is 0 Å². The summed E-state index contributed by atoms with van der Waals surface area (Å²) in [7, 11) is 3.95. The largest absolute Gasteiger partial charge is 0.339 e. The Morgan fingerprint density at radius 1 is 1.32 bits per heavy atom. The zero-order valence-corrected chi connectivity index (χ0v) is 10.8. The van der Waals surface area contributed by atoms with Crippen LogP contribution in [-0.4, -0.2) is 33.0 Å². The Kier molecular flexibility index (Phi) is 1.99. The molecule has 4 heterocycles. The summed E-state index contributed by atoms with van der Waals surface area (Å²) in [6.45, 7) is 0. The van der Waals surface area contributed by atoms with E-state index in [4.69, 9.17) is 0 Å². The van der Waals surface area contributed by atoms with Gasteiger partial charge < -0.3 is 10.4 Å². The molecule has 0 amide bonds. The third kappa shape index (κ3) is 1.47. The molecule has 0 fully saturated rings. The minimum atomic E-state index is 0.231. The fraction of sp³-hybridized carbons (Fsp3) is 0.231. The van der Waals surface area contributed by atoms with Crippen molar-refractivity contribution in [2.75, 3.05) is 7.05 Å². The number of aliphatic imine (C=N–C) groups is 1. The van der Waals surface area contributed by atoms with Gasteiger partial charge in [-0.3, -0.25) is 4.68 Å². The lowest BCUT2D eigenvalue weighted by molar-refractivity contribution is 0.253. The highest BCUT2D eigenvalue weighted by Gasteiger charge is 2.31. The molecule has 0 bridgehead atoms. The minimum absolute atomic E-state index is 0.231. The van der Waals surface area contributed by atoms with Gasteiger partial charge in [-0.2, -0.15) is 5.10 Å². The Morgan fingerprint density at radius 3 is 3.00 bits per heavy atom. The maximum atomic E-state index is 4.48. The zero-order chi connectivity index (χ0) is 13.0. The van der Waals surface area contributed by atoms with Gasteiger partial charge in [-0.15, -0.1) is 0 Å². The summed E-state index contributed by atoms with van der Waals surface area (Å²) in [5, 5.41) is 6.29. The topological polar surface area (TPSA) is 61.2 Å². The van der Waals surface area contributed by atoms with Crippen LogP contribution in [-0.2, 0) is 7.05 Å². The van der Waals surface area contributed by atoms with Gasteiger partial charge in [-0.1, -0.05) is 0 Å². The van der Waals surface area contributed by atoms with Crippen LogP contribution in [0.4, 0.5) is 5.82 Å². The molecule has 4 rings (SSSR count). The van der Waals surface area contributed by atoms with Crippen molar-refractivity contribution in [1.29, 1.82) is 0 Å². The molecule has 2 aromatic rings. The number of nitrogens with zero attached hydrogens (tertiary/aromatic N) is 4. The number of nitrogens with one attached hydrogen (secondary N) is 2. The number of hydrazine groups is 1. The Morgan fingerprint density at radius 2 is 2.21 bits per heavy atom. The number of hydrogen-bond donors (Lipinski definition) is 2. The SMILES string of the molecule is CN1NC=C2C=Nc3[nH]c(-c4cnn(C)c4)cc3C21. The molecule has 2 aromatic heterocycles. The van der Waals surface area contributed by atoms with Crippen molar-refractivity contribution in [3.05, 3.63) is 35.8 Å². The fourth-order valence-electron chi connectivity index (χ4n) is 2.68. The number of aryl methyl sites for hydroxylation is 1. The van der Waals surface area contributed by atoms with E-state index in [0.29, 0.717) is 0 Å². The van der Waals surface area contributed by atoms with Crippen molar-refractivity contribution in [2.45, 2.75) is 6.04 Å². The first-order valence-electron chi connectivity index (χ1n) is 6.17. The van der Waals surface area contributed by atoms with E-state index in [-0.39, 0.29) is 6.04 Å². The number of fused-ring (bicyclic) bond motifs is 3. The number of likely N-dealkylation sites (N-methyl/N-ethyl adjacent to an activating group) is 1. The summed E-state index contributed by atoms with van der Waals surface area (Å²) < 4.78 is 1.80. The molecular weight excluding hydrogens is 240 g/mol. The van der Waals surface area contributed by atoms with Gasteiger partial charge in [0.1, 0.15) is 5.82 Å². The Bertz CT molecular complexity index is 705. The summed E-state index contributed by atoms with van der Waals surface area (Å²) >= 11 is 0. The minimum Gasteiger partial charge on any atom is -0.339 e. The molecule has 0 spiro atoms. The monoisotopic (exact) mass is 254 g/mol. The quantitative estimate of drug-likeness (QED) is 0.811. The summed E-state index contributed by atoms with van der Waals surface area (Å²) in [6, 6.07) is 2.39. The van der Waals surface area contributed by atoms with Crippen LogP contribution in [0.1, 0.15) is 11.6 Å². The predicted octanol–water partition coefficient (Wildman–Crippen LogP) is 1.51. The summed E-state index contributed by atoms with van der Waals surface area (Å²) in [4.78, 5) is 7.84. The molecule has 2 aliphatic rings. The van der Waals surface area contributed by atoms with Gasteiger partial charge in [0.25, 0.3) is 0 Å². The highest BCUT2D eigenvalue weighted by atomic mass is 15.5. The van der Waals surface area contributed by atoms with E-state index in [9.17, 15) is 0 Å². The lowest BCUT2D eigenvalue weighted by atomic mass is 10.00. The number of H-pyrrole nitrogens is 1. The van der Waals surface area contributed by atoms with Crippen LogP contribution in [0.3, 0.4) is 0 Å². The van der Waals surface area contributed by atoms with Crippen molar-refractivity contribution in [3.63, 3.8) is 0 Å².